The number of nitrogens with zero attached hydrogens (tertiary/aromatic N) is 2. The minimum absolute atomic E-state index is 0.969. The van der Waals surface area contributed by atoms with E-state index in [1.165, 1.54) is 55.3 Å². The van der Waals surface area contributed by atoms with Gasteiger partial charge in [0.2, 0.25) is 0 Å². The second kappa shape index (κ2) is 5.58. The molecule has 1 aliphatic heterocycles. The van der Waals surface area contributed by atoms with E-state index in [4.69, 9.17) is 4.74 Å². The number of benzene rings is 1. The van der Waals surface area contributed by atoms with E-state index in [1.807, 2.05) is 6.20 Å². The average Bonchev–Trinajstić information content (AvgIpc) is 3.27. The Kier molecular flexibility index (Phi) is 3.57. The summed E-state index contributed by atoms with van der Waals surface area (Å²) in [5.74, 6) is 3.04. The first-order chi connectivity index (χ1) is 10.8. The predicted molar refractivity (Wildman–Crippen MR) is 88.1 cm³/mol. The molecule has 4 rings (SSSR count). The number of nitrogens with one attached hydrogen (secondary N) is 1. The number of ether oxygens (including phenoxy) is 1. The van der Waals surface area contributed by atoms with Crippen molar-refractivity contribution >= 4 is 10.9 Å². The molecule has 0 radical (unpaired) electrons. The number of aryl methyl sites for hydroxylation is 1. The Morgan fingerprint density at radius 2 is 1.95 bits per heavy atom. The van der Waals surface area contributed by atoms with E-state index in [2.05, 4.69) is 28.1 Å². The van der Waals surface area contributed by atoms with Crippen molar-refractivity contribution in [3.63, 3.8) is 0 Å². The summed E-state index contributed by atoms with van der Waals surface area (Å²) in [6.07, 6.45) is 7.63. The van der Waals surface area contributed by atoms with E-state index < -0.39 is 0 Å². The minimum atomic E-state index is 0.969. The Labute approximate surface area is 131 Å². The molecular weight excluding hydrogens is 274 g/mol. The van der Waals surface area contributed by atoms with E-state index in [0.717, 1.165) is 29.6 Å². The van der Waals surface area contributed by atoms with Crippen LogP contribution in [0, 0.1) is 18.8 Å². The van der Waals surface area contributed by atoms with Crippen molar-refractivity contribution in [3.8, 4) is 5.75 Å². The van der Waals surface area contributed by atoms with Crippen molar-refractivity contribution < 1.29 is 4.74 Å². The summed E-state index contributed by atoms with van der Waals surface area (Å²) >= 11 is 0. The zero-order chi connectivity index (χ0) is 15.1. The van der Waals surface area contributed by atoms with E-state index >= 15 is 0 Å². The number of H-pyrrole nitrogens is 1. The zero-order valence-corrected chi connectivity index (χ0v) is 13.6. The Morgan fingerprint density at radius 3 is 2.64 bits per heavy atom. The van der Waals surface area contributed by atoms with Gasteiger partial charge in [0.15, 0.2) is 0 Å². The lowest BCUT2D eigenvalue weighted by molar-refractivity contribution is 0.165. The van der Waals surface area contributed by atoms with Crippen molar-refractivity contribution in [1.82, 2.24) is 15.1 Å². The van der Waals surface area contributed by atoms with Gasteiger partial charge in [0.05, 0.1) is 18.8 Å². The highest BCUT2D eigenvalue weighted by Crippen LogP contribution is 2.42. The molecule has 22 heavy (non-hydrogen) atoms. The molecule has 1 aromatic heterocycles. The monoisotopic (exact) mass is 299 g/mol. The van der Waals surface area contributed by atoms with Gasteiger partial charge in [-0.3, -0.25) is 10.00 Å². The van der Waals surface area contributed by atoms with Crippen LogP contribution in [0.1, 0.15) is 36.8 Å². The smallest absolute Gasteiger partial charge is 0.124 e. The fourth-order valence-corrected chi connectivity index (χ4v) is 4.02. The van der Waals surface area contributed by atoms with Crippen molar-refractivity contribution in [2.75, 3.05) is 20.2 Å². The SMILES string of the molecule is COc1cc(C)c2[nH]ncc2c1CN1CCC(C2CC2)CC1. The molecule has 2 fully saturated rings. The number of methoxy groups -OCH3 is 1. The first-order valence-electron chi connectivity index (χ1n) is 8.48. The highest BCUT2D eigenvalue weighted by Gasteiger charge is 2.33. The van der Waals surface area contributed by atoms with Gasteiger partial charge in [-0.05, 0) is 69.2 Å². The summed E-state index contributed by atoms with van der Waals surface area (Å²) < 4.78 is 5.65. The van der Waals surface area contributed by atoms with E-state index in [1.54, 1.807) is 7.11 Å². The average molecular weight is 299 g/mol. The van der Waals surface area contributed by atoms with Crippen molar-refractivity contribution in [2.45, 2.75) is 39.2 Å². The number of rotatable bonds is 4. The summed E-state index contributed by atoms with van der Waals surface area (Å²) in [6.45, 7) is 5.51. The summed E-state index contributed by atoms with van der Waals surface area (Å²) in [5.41, 5.74) is 3.62. The Morgan fingerprint density at radius 1 is 1.23 bits per heavy atom. The fourth-order valence-electron chi connectivity index (χ4n) is 4.02. The largest absolute Gasteiger partial charge is 0.496 e. The second-order valence-corrected chi connectivity index (χ2v) is 6.98. The number of hydrogen-bond acceptors (Lipinski definition) is 3. The van der Waals surface area contributed by atoms with Gasteiger partial charge in [0.25, 0.3) is 0 Å². The number of piperidine rings is 1. The standard InChI is InChI=1S/C18H25N3O/c1-12-9-17(22-2)16(15-10-19-20-18(12)15)11-21-7-5-14(6-8-21)13-3-4-13/h9-10,13-14H,3-8,11H2,1-2H3,(H,19,20). The van der Waals surface area contributed by atoms with Crippen LogP contribution in [-0.4, -0.2) is 35.3 Å². The van der Waals surface area contributed by atoms with Crippen molar-refractivity contribution in [2.24, 2.45) is 11.8 Å². The van der Waals surface area contributed by atoms with Crippen LogP contribution < -0.4 is 4.74 Å². The molecule has 1 N–H and O–H groups in total. The Balaban J connectivity index is 1.56. The van der Waals surface area contributed by atoms with Crippen LogP contribution in [0.25, 0.3) is 10.9 Å². The van der Waals surface area contributed by atoms with Crippen LogP contribution in [0.15, 0.2) is 12.3 Å². The molecule has 1 aromatic carbocycles. The predicted octanol–water partition coefficient (Wildman–Crippen LogP) is 3.50. The van der Waals surface area contributed by atoms with E-state index in [0.29, 0.717) is 0 Å². The number of hydrogen-bond donors (Lipinski definition) is 1. The lowest BCUT2D eigenvalue weighted by Crippen LogP contribution is -2.34. The van der Waals surface area contributed by atoms with Gasteiger partial charge in [-0.25, -0.2) is 0 Å². The third kappa shape index (κ3) is 2.50. The molecule has 118 valence electrons. The molecule has 2 heterocycles. The normalized spacial score (nSPS) is 20.6. The maximum atomic E-state index is 5.65. The minimum Gasteiger partial charge on any atom is -0.496 e. The highest BCUT2D eigenvalue weighted by molar-refractivity contribution is 5.86. The van der Waals surface area contributed by atoms with Gasteiger partial charge in [-0.15, -0.1) is 0 Å². The molecule has 2 aliphatic rings. The molecule has 0 bridgehead atoms. The molecule has 1 saturated heterocycles. The van der Waals surface area contributed by atoms with E-state index in [-0.39, 0.29) is 0 Å². The highest BCUT2D eigenvalue weighted by atomic mass is 16.5. The molecule has 0 atom stereocenters. The third-order valence-corrected chi connectivity index (χ3v) is 5.53. The first kappa shape index (κ1) is 14.1. The van der Waals surface area contributed by atoms with Crippen molar-refractivity contribution in [3.05, 3.63) is 23.4 Å². The summed E-state index contributed by atoms with van der Waals surface area (Å²) in [5, 5.41) is 8.57. The molecule has 1 saturated carbocycles. The fraction of sp³-hybridized carbons (Fsp3) is 0.611. The molecule has 0 amide bonds. The topological polar surface area (TPSA) is 41.1 Å². The van der Waals surface area contributed by atoms with Crippen LogP contribution in [-0.2, 0) is 6.54 Å². The van der Waals surface area contributed by atoms with Crippen LogP contribution >= 0.6 is 0 Å². The van der Waals surface area contributed by atoms with Gasteiger partial charge in [0.1, 0.15) is 5.75 Å². The molecule has 4 heteroatoms. The summed E-state index contributed by atoms with van der Waals surface area (Å²) in [4.78, 5) is 2.58. The first-order valence-corrected chi connectivity index (χ1v) is 8.48. The molecule has 4 nitrogen and oxygen atoms in total. The lowest BCUT2D eigenvalue weighted by Gasteiger charge is -2.32. The van der Waals surface area contributed by atoms with Gasteiger partial charge in [-0.1, -0.05) is 0 Å². The lowest BCUT2D eigenvalue weighted by atomic mass is 9.91. The number of aromatic amines is 1. The van der Waals surface area contributed by atoms with Gasteiger partial charge in [-0.2, -0.15) is 5.10 Å². The quantitative estimate of drug-likeness (QED) is 0.939. The van der Waals surface area contributed by atoms with Crippen LogP contribution in [0.4, 0.5) is 0 Å². The Hall–Kier alpha value is -1.55. The number of likely N-dealkylation sites (tertiary alicyclic amines) is 1. The van der Waals surface area contributed by atoms with Gasteiger partial charge >= 0.3 is 0 Å². The summed E-state index contributed by atoms with van der Waals surface area (Å²) in [7, 11) is 1.77. The molecule has 1 aliphatic carbocycles. The van der Waals surface area contributed by atoms with Crippen LogP contribution in [0.5, 0.6) is 5.75 Å². The molecule has 0 spiro atoms. The van der Waals surface area contributed by atoms with Crippen LogP contribution in [0.3, 0.4) is 0 Å². The third-order valence-electron chi connectivity index (χ3n) is 5.53. The van der Waals surface area contributed by atoms with Crippen LogP contribution in [0.2, 0.25) is 0 Å². The summed E-state index contributed by atoms with van der Waals surface area (Å²) in [6, 6.07) is 2.13. The number of aromatic nitrogens is 2. The van der Waals surface area contributed by atoms with Crippen molar-refractivity contribution in [1.29, 1.82) is 0 Å². The Bertz CT molecular complexity index is 666. The molecule has 2 aromatic rings. The zero-order valence-electron chi connectivity index (χ0n) is 13.6. The molecular formula is C18H25N3O. The van der Waals surface area contributed by atoms with Gasteiger partial charge < -0.3 is 4.74 Å². The maximum absolute atomic E-state index is 5.65. The molecule has 0 unspecified atom stereocenters. The van der Waals surface area contributed by atoms with E-state index in [9.17, 15) is 0 Å². The second-order valence-electron chi connectivity index (χ2n) is 6.98. The van der Waals surface area contributed by atoms with Gasteiger partial charge in [0, 0.05) is 17.5 Å². The number of fused-ring (bicyclic) bond motifs is 1. The maximum Gasteiger partial charge on any atom is 0.124 e.